The van der Waals surface area contributed by atoms with Crippen molar-refractivity contribution in [2.45, 2.75) is 0 Å². The number of benzene rings is 2. The molecule has 0 atom stereocenters. The van der Waals surface area contributed by atoms with Crippen molar-refractivity contribution in [3.05, 3.63) is 70.4 Å². The van der Waals surface area contributed by atoms with Crippen LogP contribution in [0.4, 0.5) is 4.39 Å². The average molecular weight is 284 g/mol. The first kappa shape index (κ1) is 13.0. The van der Waals surface area contributed by atoms with E-state index in [4.69, 9.17) is 5.11 Å². The molecule has 21 heavy (non-hydrogen) atoms. The van der Waals surface area contributed by atoms with Gasteiger partial charge in [0, 0.05) is 0 Å². The summed E-state index contributed by atoms with van der Waals surface area (Å²) in [6.07, 6.45) is 0. The fourth-order valence-electron chi connectivity index (χ4n) is 2.14. The van der Waals surface area contributed by atoms with Crippen LogP contribution in [0.5, 0.6) is 0 Å². The van der Waals surface area contributed by atoms with Gasteiger partial charge in [0.25, 0.3) is 5.56 Å². The molecular formula is C15H9FN2O3. The van der Waals surface area contributed by atoms with Crippen LogP contribution in [-0.2, 0) is 0 Å². The molecule has 3 aromatic rings. The molecule has 0 fully saturated rings. The summed E-state index contributed by atoms with van der Waals surface area (Å²) in [4.78, 5) is 27.3. The van der Waals surface area contributed by atoms with Gasteiger partial charge in [0.1, 0.15) is 5.82 Å². The molecule has 0 unspecified atom stereocenters. The van der Waals surface area contributed by atoms with Crippen LogP contribution < -0.4 is 5.56 Å². The summed E-state index contributed by atoms with van der Waals surface area (Å²) in [5.41, 5.74) is -0.873. The summed E-state index contributed by atoms with van der Waals surface area (Å²) in [5.74, 6) is -2.07. The van der Waals surface area contributed by atoms with E-state index in [1.54, 1.807) is 30.3 Å². The van der Waals surface area contributed by atoms with Crippen LogP contribution in [-0.4, -0.2) is 20.6 Å². The Kier molecular flexibility index (Phi) is 2.98. The molecule has 1 N–H and O–H groups in total. The van der Waals surface area contributed by atoms with Gasteiger partial charge in [-0.05, 0) is 24.3 Å². The summed E-state index contributed by atoms with van der Waals surface area (Å²) < 4.78 is 15.0. The quantitative estimate of drug-likeness (QED) is 0.783. The highest BCUT2D eigenvalue weighted by Gasteiger charge is 2.18. The van der Waals surface area contributed by atoms with E-state index in [2.05, 4.69) is 4.98 Å². The second kappa shape index (κ2) is 4.82. The number of para-hydroxylation sites is 3. The molecule has 0 saturated heterocycles. The van der Waals surface area contributed by atoms with E-state index in [-0.39, 0.29) is 5.69 Å². The maximum absolute atomic E-state index is 14.0. The zero-order chi connectivity index (χ0) is 15.0. The van der Waals surface area contributed by atoms with Gasteiger partial charge in [-0.3, -0.25) is 9.36 Å². The highest BCUT2D eigenvalue weighted by Crippen LogP contribution is 2.17. The second-order valence-corrected chi connectivity index (χ2v) is 4.35. The van der Waals surface area contributed by atoms with Gasteiger partial charge in [-0.15, -0.1) is 0 Å². The Bertz CT molecular complexity index is 918. The highest BCUT2D eigenvalue weighted by atomic mass is 19.1. The van der Waals surface area contributed by atoms with Crippen molar-refractivity contribution in [2.24, 2.45) is 0 Å². The number of hydrogen-bond donors (Lipinski definition) is 1. The van der Waals surface area contributed by atoms with Gasteiger partial charge in [-0.2, -0.15) is 0 Å². The summed E-state index contributed by atoms with van der Waals surface area (Å²) >= 11 is 0. The van der Waals surface area contributed by atoms with Crippen molar-refractivity contribution in [3.63, 3.8) is 0 Å². The smallest absolute Gasteiger partial charge is 0.360 e. The third-order valence-electron chi connectivity index (χ3n) is 3.06. The Labute approximate surface area is 117 Å². The molecule has 0 spiro atoms. The fraction of sp³-hybridized carbons (Fsp3) is 0. The molecule has 6 heteroatoms. The van der Waals surface area contributed by atoms with Crippen molar-refractivity contribution in [2.75, 3.05) is 0 Å². The van der Waals surface area contributed by atoms with E-state index in [9.17, 15) is 14.0 Å². The van der Waals surface area contributed by atoms with Crippen LogP contribution in [0.15, 0.2) is 53.3 Å². The molecule has 2 aromatic carbocycles. The largest absolute Gasteiger partial charge is 0.476 e. The number of carboxylic acid groups (broad SMARTS) is 1. The molecule has 0 aliphatic carbocycles. The first-order chi connectivity index (χ1) is 10.1. The second-order valence-electron chi connectivity index (χ2n) is 4.35. The summed E-state index contributed by atoms with van der Waals surface area (Å²) in [5, 5.41) is 9.10. The number of fused-ring (bicyclic) bond motifs is 1. The molecule has 5 nitrogen and oxygen atoms in total. The Morgan fingerprint density at radius 1 is 1.10 bits per heavy atom. The van der Waals surface area contributed by atoms with Gasteiger partial charge in [0.05, 0.1) is 16.7 Å². The van der Waals surface area contributed by atoms with Gasteiger partial charge in [0.2, 0.25) is 5.69 Å². The predicted octanol–water partition coefficient (Wildman–Crippen LogP) is 2.22. The summed E-state index contributed by atoms with van der Waals surface area (Å²) in [6, 6.07) is 12.2. The minimum atomic E-state index is -1.45. The number of hydrogen-bond acceptors (Lipinski definition) is 3. The van der Waals surface area contributed by atoms with E-state index in [0.717, 1.165) is 4.57 Å². The van der Waals surface area contributed by atoms with Crippen LogP contribution in [0.1, 0.15) is 10.5 Å². The van der Waals surface area contributed by atoms with Crippen molar-refractivity contribution in [3.8, 4) is 5.69 Å². The predicted molar refractivity (Wildman–Crippen MR) is 74.3 cm³/mol. The van der Waals surface area contributed by atoms with Crippen LogP contribution in [0.3, 0.4) is 0 Å². The maximum atomic E-state index is 14.0. The summed E-state index contributed by atoms with van der Waals surface area (Å²) in [7, 11) is 0. The zero-order valence-corrected chi connectivity index (χ0v) is 10.7. The molecule has 0 saturated carbocycles. The monoisotopic (exact) mass is 284 g/mol. The van der Waals surface area contributed by atoms with Crippen molar-refractivity contribution >= 4 is 17.0 Å². The van der Waals surface area contributed by atoms with Crippen molar-refractivity contribution < 1.29 is 14.3 Å². The topological polar surface area (TPSA) is 72.2 Å². The number of rotatable bonds is 2. The van der Waals surface area contributed by atoms with E-state index < -0.39 is 23.0 Å². The lowest BCUT2D eigenvalue weighted by atomic mass is 10.2. The number of aromatic carboxylic acids is 1. The van der Waals surface area contributed by atoms with Gasteiger partial charge < -0.3 is 5.11 Å². The Hall–Kier alpha value is -3.02. The highest BCUT2D eigenvalue weighted by molar-refractivity contribution is 5.88. The molecule has 0 amide bonds. The van der Waals surface area contributed by atoms with Crippen LogP contribution >= 0.6 is 0 Å². The Morgan fingerprint density at radius 3 is 2.48 bits per heavy atom. The van der Waals surface area contributed by atoms with Crippen molar-refractivity contribution in [1.29, 1.82) is 0 Å². The van der Waals surface area contributed by atoms with Gasteiger partial charge in [-0.1, -0.05) is 24.3 Å². The normalized spacial score (nSPS) is 10.7. The van der Waals surface area contributed by atoms with E-state index >= 15 is 0 Å². The molecule has 0 aliphatic rings. The minimum absolute atomic E-state index is 0.0106. The first-order valence-corrected chi connectivity index (χ1v) is 6.09. The molecule has 0 aliphatic heterocycles. The first-order valence-electron chi connectivity index (χ1n) is 6.09. The number of nitrogens with zero attached hydrogens (tertiary/aromatic N) is 2. The number of halogens is 1. The molecule has 0 bridgehead atoms. The summed E-state index contributed by atoms with van der Waals surface area (Å²) in [6.45, 7) is 0. The third kappa shape index (κ3) is 2.06. The number of carbonyl (C=O) groups is 1. The molecule has 1 heterocycles. The van der Waals surface area contributed by atoms with Crippen LogP contribution in [0.2, 0.25) is 0 Å². The number of aromatic nitrogens is 2. The average Bonchev–Trinajstić information content (AvgIpc) is 2.47. The standard InChI is InChI=1S/C15H9FN2O3/c16-9-5-1-3-7-11(9)18-12-8-4-2-6-10(12)17-13(14(18)19)15(20)21/h1-8H,(H,20,21). The molecular weight excluding hydrogens is 275 g/mol. The van der Waals surface area contributed by atoms with E-state index in [1.165, 1.54) is 18.2 Å². The van der Waals surface area contributed by atoms with Gasteiger partial charge in [-0.25, -0.2) is 14.2 Å². The number of carboxylic acids is 1. The van der Waals surface area contributed by atoms with Crippen LogP contribution in [0.25, 0.3) is 16.7 Å². The minimum Gasteiger partial charge on any atom is -0.476 e. The van der Waals surface area contributed by atoms with E-state index in [1.807, 2.05) is 0 Å². The van der Waals surface area contributed by atoms with E-state index in [0.29, 0.717) is 11.0 Å². The third-order valence-corrected chi connectivity index (χ3v) is 3.06. The van der Waals surface area contributed by atoms with Gasteiger partial charge in [0.15, 0.2) is 0 Å². The molecule has 1 aromatic heterocycles. The lowest BCUT2D eigenvalue weighted by Crippen LogP contribution is -2.28. The Morgan fingerprint density at radius 2 is 1.76 bits per heavy atom. The Balaban J connectivity index is 2.51. The molecule has 104 valence electrons. The SMILES string of the molecule is O=C(O)c1nc2ccccc2n(-c2ccccc2F)c1=O. The lowest BCUT2D eigenvalue weighted by Gasteiger charge is -2.11. The van der Waals surface area contributed by atoms with Crippen molar-refractivity contribution in [1.82, 2.24) is 9.55 Å². The van der Waals surface area contributed by atoms with Crippen LogP contribution in [0, 0.1) is 5.82 Å². The maximum Gasteiger partial charge on any atom is 0.360 e. The molecule has 0 radical (unpaired) electrons. The molecule has 3 rings (SSSR count). The lowest BCUT2D eigenvalue weighted by molar-refractivity contribution is 0.0688. The van der Waals surface area contributed by atoms with Gasteiger partial charge >= 0.3 is 5.97 Å². The fourth-order valence-corrected chi connectivity index (χ4v) is 2.14. The zero-order valence-electron chi connectivity index (χ0n) is 10.7.